The zero-order valence-corrected chi connectivity index (χ0v) is 16.3. The number of para-hydroxylation sites is 1. The number of carbonyl (C=O) groups is 1. The van der Waals surface area contributed by atoms with Crippen LogP contribution >= 0.6 is 23.4 Å². The third-order valence-corrected chi connectivity index (χ3v) is 5.48. The van der Waals surface area contributed by atoms with Crippen molar-refractivity contribution in [3.05, 3.63) is 76.6 Å². The van der Waals surface area contributed by atoms with E-state index < -0.39 is 0 Å². The lowest BCUT2D eigenvalue weighted by Gasteiger charge is -2.16. The number of hydrogen-bond acceptors (Lipinski definition) is 3. The van der Waals surface area contributed by atoms with Gasteiger partial charge >= 0.3 is 0 Å². The fourth-order valence-corrected chi connectivity index (χ4v) is 3.88. The number of nitrogens with one attached hydrogen (secondary N) is 1. The average Bonchev–Trinajstić information content (AvgIpc) is 3.23. The predicted molar refractivity (Wildman–Crippen MR) is 114 cm³/mol. The van der Waals surface area contributed by atoms with E-state index in [2.05, 4.69) is 22.1 Å². The predicted octanol–water partition coefficient (Wildman–Crippen LogP) is 4.97. The molecule has 0 unspecified atom stereocenters. The Morgan fingerprint density at radius 1 is 1.19 bits per heavy atom. The number of amidine groups is 1. The van der Waals surface area contributed by atoms with Crippen molar-refractivity contribution in [2.24, 2.45) is 4.99 Å². The number of aromatic amines is 1. The van der Waals surface area contributed by atoms with Crippen molar-refractivity contribution in [3.63, 3.8) is 0 Å². The van der Waals surface area contributed by atoms with Crippen LogP contribution in [-0.2, 0) is 11.2 Å². The van der Waals surface area contributed by atoms with Gasteiger partial charge in [0, 0.05) is 28.7 Å². The summed E-state index contributed by atoms with van der Waals surface area (Å²) >= 11 is 7.42. The summed E-state index contributed by atoms with van der Waals surface area (Å²) in [6.07, 6.45) is 6.53. The molecular formula is C21H18ClN3OS. The standard InChI is InChI=1S/C21H18ClN3OS/c1-27-21-24-19(12-14-6-8-16(22)9-7-14)20(26)25(21)11-10-15-13-23-18-5-3-2-4-17(15)18/h2-9,12-13,23H,10-11H2,1H3/b19-12-. The maximum Gasteiger partial charge on any atom is 0.278 e. The van der Waals surface area contributed by atoms with Crippen LogP contribution in [0.25, 0.3) is 17.0 Å². The Bertz CT molecular complexity index is 1050. The third kappa shape index (κ3) is 3.66. The molecule has 1 aliphatic heterocycles. The van der Waals surface area contributed by atoms with Crippen LogP contribution in [0.2, 0.25) is 5.02 Å². The third-order valence-electron chi connectivity index (χ3n) is 4.55. The van der Waals surface area contributed by atoms with E-state index >= 15 is 0 Å². The molecule has 1 N–H and O–H groups in total. The number of aliphatic imine (C=N–C) groups is 1. The van der Waals surface area contributed by atoms with E-state index in [1.54, 1.807) is 23.1 Å². The minimum atomic E-state index is -0.0610. The van der Waals surface area contributed by atoms with E-state index in [-0.39, 0.29) is 5.91 Å². The Kier molecular flexibility index (Phi) is 5.05. The summed E-state index contributed by atoms with van der Waals surface area (Å²) in [4.78, 5) is 22.4. The summed E-state index contributed by atoms with van der Waals surface area (Å²) in [5.41, 5.74) is 3.68. The largest absolute Gasteiger partial charge is 0.361 e. The van der Waals surface area contributed by atoms with Crippen LogP contribution in [-0.4, -0.2) is 33.8 Å². The van der Waals surface area contributed by atoms with Gasteiger partial charge in [0.2, 0.25) is 0 Å². The number of H-pyrrole nitrogens is 1. The first-order valence-electron chi connectivity index (χ1n) is 8.62. The molecule has 0 aliphatic carbocycles. The Balaban J connectivity index is 1.53. The first-order chi connectivity index (χ1) is 13.2. The summed E-state index contributed by atoms with van der Waals surface area (Å²) in [6.45, 7) is 0.596. The van der Waals surface area contributed by atoms with Gasteiger partial charge in [-0.3, -0.25) is 9.69 Å². The second-order valence-electron chi connectivity index (χ2n) is 6.25. The first kappa shape index (κ1) is 17.9. The highest BCUT2D eigenvalue weighted by Gasteiger charge is 2.29. The number of hydrogen-bond donors (Lipinski definition) is 1. The van der Waals surface area contributed by atoms with Crippen molar-refractivity contribution in [1.29, 1.82) is 0 Å². The number of benzene rings is 2. The number of amides is 1. The molecule has 3 aromatic rings. The van der Waals surface area contributed by atoms with Crippen molar-refractivity contribution in [2.75, 3.05) is 12.8 Å². The number of nitrogens with zero attached hydrogens (tertiary/aromatic N) is 2. The molecule has 1 aromatic heterocycles. The maximum atomic E-state index is 12.9. The van der Waals surface area contributed by atoms with Gasteiger partial charge in [0.25, 0.3) is 5.91 Å². The van der Waals surface area contributed by atoms with E-state index in [0.29, 0.717) is 17.3 Å². The molecule has 2 heterocycles. The molecule has 4 nitrogen and oxygen atoms in total. The van der Waals surface area contributed by atoms with Crippen LogP contribution in [0, 0.1) is 0 Å². The van der Waals surface area contributed by atoms with Crippen molar-refractivity contribution in [1.82, 2.24) is 9.88 Å². The highest BCUT2D eigenvalue weighted by Crippen LogP contribution is 2.25. The molecule has 1 aliphatic rings. The summed E-state index contributed by atoms with van der Waals surface area (Å²) in [5, 5.41) is 2.60. The number of aromatic nitrogens is 1. The number of fused-ring (bicyclic) bond motifs is 1. The van der Waals surface area contributed by atoms with Crippen LogP contribution in [0.3, 0.4) is 0 Å². The fraction of sp³-hybridized carbons (Fsp3) is 0.143. The SMILES string of the molecule is CSC1=N/C(=C\c2ccc(Cl)cc2)C(=O)N1CCc1c[nH]c2ccccc12. The second kappa shape index (κ2) is 7.62. The Morgan fingerprint density at radius 2 is 1.96 bits per heavy atom. The molecule has 2 aromatic carbocycles. The quantitative estimate of drug-likeness (QED) is 0.634. The highest BCUT2D eigenvalue weighted by atomic mass is 35.5. The molecule has 136 valence electrons. The monoisotopic (exact) mass is 395 g/mol. The van der Waals surface area contributed by atoms with Gasteiger partial charge in [0.15, 0.2) is 5.17 Å². The highest BCUT2D eigenvalue weighted by molar-refractivity contribution is 8.13. The van der Waals surface area contributed by atoms with Crippen LogP contribution < -0.4 is 0 Å². The Labute approximate surface area is 166 Å². The minimum absolute atomic E-state index is 0.0610. The van der Waals surface area contributed by atoms with Crippen LogP contribution in [0.4, 0.5) is 0 Å². The van der Waals surface area contributed by atoms with Gasteiger partial charge in [-0.25, -0.2) is 4.99 Å². The molecule has 0 atom stereocenters. The number of thioether (sulfide) groups is 1. The molecule has 4 rings (SSSR count). The first-order valence-corrected chi connectivity index (χ1v) is 10.2. The zero-order valence-electron chi connectivity index (χ0n) is 14.8. The van der Waals surface area contributed by atoms with Crippen LogP contribution in [0.15, 0.2) is 65.4 Å². The van der Waals surface area contributed by atoms with Gasteiger partial charge in [-0.15, -0.1) is 0 Å². The number of halogens is 1. The van der Waals surface area contributed by atoms with E-state index in [0.717, 1.165) is 22.7 Å². The lowest BCUT2D eigenvalue weighted by Crippen LogP contribution is -2.32. The molecule has 0 spiro atoms. The van der Waals surface area contributed by atoms with Crippen LogP contribution in [0.5, 0.6) is 0 Å². The van der Waals surface area contributed by atoms with Gasteiger partial charge in [-0.2, -0.15) is 0 Å². The lowest BCUT2D eigenvalue weighted by molar-refractivity contribution is -0.122. The van der Waals surface area contributed by atoms with Crippen molar-refractivity contribution >= 4 is 51.4 Å². The molecule has 1 amide bonds. The van der Waals surface area contributed by atoms with Crippen LogP contribution in [0.1, 0.15) is 11.1 Å². The maximum absolute atomic E-state index is 12.9. The summed E-state index contributed by atoms with van der Waals surface area (Å²) in [6, 6.07) is 15.6. The van der Waals surface area contributed by atoms with Crippen molar-refractivity contribution in [3.8, 4) is 0 Å². The van der Waals surface area contributed by atoms with Gasteiger partial charge in [-0.05, 0) is 48.1 Å². The van der Waals surface area contributed by atoms with Crippen molar-refractivity contribution < 1.29 is 4.79 Å². The molecule has 0 radical (unpaired) electrons. The molecule has 6 heteroatoms. The molecule has 0 saturated heterocycles. The summed E-state index contributed by atoms with van der Waals surface area (Å²) < 4.78 is 0. The molecule has 0 saturated carbocycles. The second-order valence-corrected chi connectivity index (χ2v) is 7.46. The minimum Gasteiger partial charge on any atom is -0.361 e. The van der Waals surface area contributed by atoms with E-state index in [1.165, 1.54) is 22.7 Å². The van der Waals surface area contributed by atoms with E-state index in [4.69, 9.17) is 11.6 Å². The van der Waals surface area contributed by atoms with E-state index in [1.807, 2.05) is 36.7 Å². The molecule has 0 fully saturated rings. The Hall–Kier alpha value is -2.50. The fourth-order valence-electron chi connectivity index (χ4n) is 3.17. The Morgan fingerprint density at radius 3 is 2.74 bits per heavy atom. The lowest BCUT2D eigenvalue weighted by atomic mass is 10.1. The van der Waals surface area contributed by atoms with Gasteiger partial charge in [0.1, 0.15) is 5.70 Å². The van der Waals surface area contributed by atoms with Gasteiger partial charge < -0.3 is 4.98 Å². The smallest absolute Gasteiger partial charge is 0.278 e. The van der Waals surface area contributed by atoms with E-state index in [9.17, 15) is 4.79 Å². The average molecular weight is 396 g/mol. The molecule has 27 heavy (non-hydrogen) atoms. The summed E-state index contributed by atoms with van der Waals surface area (Å²) in [7, 11) is 0. The van der Waals surface area contributed by atoms with Gasteiger partial charge in [0.05, 0.1) is 0 Å². The molecular weight excluding hydrogens is 378 g/mol. The number of rotatable bonds is 4. The number of carbonyl (C=O) groups excluding carboxylic acids is 1. The van der Waals surface area contributed by atoms with Gasteiger partial charge in [-0.1, -0.05) is 53.7 Å². The molecule has 0 bridgehead atoms. The van der Waals surface area contributed by atoms with Crippen molar-refractivity contribution in [2.45, 2.75) is 6.42 Å². The topological polar surface area (TPSA) is 48.5 Å². The zero-order chi connectivity index (χ0) is 18.8. The summed E-state index contributed by atoms with van der Waals surface area (Å²) in [5.74, 6) is -0.0610. The normalized spacial score (nSPS) is 15.8.